The Kier molecular flexibility index (Phi) is 12.4. The quantitative estimate of drug-likeness (QED) is 0.125. The highest BCUT2D eigenvalue weighted by atomic mass is 16.7. The lowest BCUT2D eigenvalue weighted by atomic mass is 9.47. The van der Waals surface area contributed by atoms with Crippen LogP contribution in [-0.4, -0.2) is 83.1 Å². The molecule has 0 spiro atoms. The molecule has 1 aliphatic heterocycles. The Morgan fingerprint density at radius 3 is 2.51 bits per heavy atom. The summed E-state index contributed by atoms with van der Waals surface area (Å²) in [5.41, 5.74) is 2.24. The molecule has 4 aliphatic carbocycles. The minimum Gasteiger partial charge on any atom is -0.446 e. The van der Waals surface area contributed by atoms with E-state index in [0.717, 1.165) is 54.8 Å². The van der Waals surface area contributed by atoms with Crippen LogP contribution in [0.25, 0.3) is 0 Å². The zero-order valence-corrected chi connectivity index (χ0v) is 29.7. The van der Waals surface area contributed by atoms with Crippen molar-refractivity contribution in [2.75, 3.05) is 19.8 Å². The summed E-state index contributed by atoms with van der Waals surface area (Å²) in [6, 6.07) is 0. The van der Waals surface area contributed by atoms with Gasteiger partial charge in [0.05, 0.1) is 6.61 Å². The number of carbonyl (C=O) groups excluding carboxylic acids is 1. The van der Waals surface area contributed by atoms with Crippen molar-refractivity contribution < 1.29 is 39.4 Å². The monoisotopic (exact) mass is 663 g/mol. The van der Waals surface area contributed by atoms with E-state index in [9.17, 15) is 25.2 Å². The van der Waals surface area contributed by atoms with E-state index >= 15 is 0 Å². The van der Waals surface area contributed by atoms with Crippen molar-refractivity contribution in [1.82, 2.24) is 5.32 Å². The number of fused-ring (bicyclic) bond motifs is 5. The Balaban J connectivity index is 1.04. The molecule has 0 aromatic rings. The van der Waals surface area contributed by atoms with Crippen LogP contribution < -0.4 is 5.32 Å². The number of amides is 1. The lowest BCUT2D eigenvalue weighted by molar-refractivity contribution is -0.301. The molecule has 1 heterocycles. The zero-order chi connectivity index (χ0) is 33.9. The average Bonchev–Trinajstić information content (AvgIpc) is 3.39. The fraction of sp³-hybridized carbons (Fsp3) is 0.921. The zero-order valence-electron chi connectivity index (χ0n) is 29.7. The largest absolute Gasteiger partial charge is 0.446 e. The second-order valence-corrected chi connectivity index (χ2v) is 16.8. The van der Waals surface area contributed by atoms with Crippen molar-refractivity contribution in [3.05, 3.63) is 11.6 Å². The van der Waals surface area contributed by atoms with E-state index in [4.69, 9.17) is 14.2 Å². The number of hydrogen-bond acceptors (Lipinski definition) is 8. The van der Waals surface area contributed by atoms with Crippen LogP contribution in [-0.2, 0) is 14.2 Å². The van der Waals surface area contributed by atoms with Gasteiger partial charge in [-0.1, -0.05) is 65.5 Å². The number of nitrogens with one attached hydrogen (secondary N) is 1. The molecule has 0 bridgehead atoms. The minimum absolute atomic E-state index is 0.0863. The molecule has 3 saturated carbocycles. The van der Waals surface area contributed by atoms with E-state index in [0.29, 0.717) is 24.8 Å². The third-order valence-electron chi connectivity index (χ3n) is 13.5. The van der Waals surface area contributed by atoms with E-state index in [-0.39, 0.29) is 24.2 Å². The summed E-state index contributed by atoms with van der Waals surface area (Å²) in [5.74, 6) is 4.88. The highest BCUT2D eigenvalue weighted by Gasteiger charge is 2.59. The molecule has 0 unspecified atom stereocenters. The lowest BCUT2D eigenvalue weighted by Gasteiger charge is -2.58. The van der Waals surface area contributed by atoms with Crippen molar-refractivity contribution in [3.8, 4) is 0 Å². The van der Waals surface area contributed by atoms with Gasteiger partial charge in [0.1, 0.15) is 30.5 Å². The van der Waals surface area contributed by atoms with Crippen LogP contribution in [0, 0.1) is 46.3 Å². The molecule has 0 aromatic heterocycles. The van der Waals surface area contributed by atoms with Crippen molar-refractivity contribution >= 4 is 6.09 Å². The van der Waals surface area contributed by atoms with Gasteiger partial charge >= 0.3 is 6.09 Å². The number of carbonyl (C=O) groups is 1. The number of unbranched alkanes of at least 4 members (excludes halogenated alkanes) is 1. The number of hydrogen-bond donors (Lipinski definition) is 5. The van der Waals surface area contributed by atoms with Crippen LogP contribution in [0.3, 0.4) is 0 Å². The van der Waals surface area contributed by atoms with Gasteiger partial charge in [-0.05, 0) is 104 Å². The molecule has 5 rings (SSSR count). The first-order chi connectivity index (χ1) is 22.4. The Morgan fingerprint density at radius 1 is 0.979 bits per heavy atom. The molecule has 9 nitrogen and oxygen atoms in total. The van der Waals surface area contributed by atoms with Crippen molar-refractivity contribution in [2.24, 2.45) is 46.3 Å². The van der Waals surface area contributed by atoms with Gasteiger partial charge in [-0.25, -0.2) is 4.79 Å². The first-order valence-corrected chi connectivity index (χ1v) is 18.9. The van der Waals surface area contributed by atoms with E-state index in [1.54, 1.807) is 0 Å². The average molecular weight is 664 g/mol. The third kappa shape index (κ3) is 7.91. The van der Waals surface area contributed by atoms with E-state index in [1.807, 2.05) is 0 Å². The maximum Gasteiger partial charge on any atom is 0.407 e. The number of ether oxygens (including phenoxy) is 3. The summed E-state index contributed by atoms with van der Waals surface area (Å²) >= 11 is 0. The number of rotatable bonds is 13. The SMILES string of the molecule is CC(C)CCC[C@@H](C)[C@H]1CC[C@H]2[C@@H]3CC=C4C[C@@H](OC(=O)NCCCCO[C@@H]5O[C@H](CO)[C@H](O)[C@H](O)[C@H]5O)CC[C@]4(C)[C@H]3CC[C@]12C. The van der Waals surface area contributed by atoms with E-state index in [2.05, 4.69) is 46.0 Å². The van der Waals surface area contributed by atoms with Gasteiger partial charge in [-0.2, -0.15) is 0 Å². The predicted molar refractivity (Wildman–Crippen MR) is 180 cm³/mol. The van der Waals surface area contributed by atoms with Crippen LogP contribution in [0.2, 0.25) is 0 Å². The summed E-state index contributed by atoms with van der Waals surface area (Å²) in [5, 5.41) is 42.1. The molecule has 13 atom stereocenters. The maximum atomic E-state index is 12.7. The molecule has 270 valence electrons. The van der Waals surface area contributed by atoms with Crippen LogP contribution in [0.15, 0.2) is 11.6 Å². The summed E-state index contributed by atoms with van der Waals surface area (Å²) in [6.45, 7) is 12.6. The Hall–Kier alpha value is -1.23. The fourth-order valence-corrected chi connectivity index (χ4v) is 10.8. The third-order valence-corrected chi connectivity index (χ3v) is 13.5. The molecule has 1 amide bonds. The van der Waals surface area contributed by atoms with Crippen molar-refractivity contribution in [2.45, 2.75) is 155 Å². The smallest absolute Gasteiger partial charge is 0.407 e. The Labute approximate surface area is 283 Å². The lowest BCUT2D eigenvalue weighted by Crippen LogP contribution is -2.59. The van der Waals surface area contributed by atoms with Crippen LogP contribution in [0.1, 0.15) is 118 Å². The standard InChI is InChI=1S/C38H65NO8/c1-23(2)9-8-10-24(3)28-13-14-29-27-12-11-25-21-26(15-17-37(25,4)30(27)16-18-38(28,29)5)46-36(44)39-19-6-7-20-45-35-34(43)33(42)32(41)31(22-40)47-35/h11,23-24,26-35,40-43H,6-10,12-22H2,1-5H3,(H,39,44)/t24-,26+,27+,28-,29+,30+,31-,32+,33+,34-,35-,37+,38-/m1/s1. The number of allylic oxidation sites excluding steroid dienone is 1. The summed E-state index contributed by atoms with van der Waals surface area (Å²) in [7, 11) is 0. The highest BCUT2D eigenvalue weighted by Crippen LogP contribution is 2.67. The predicted octanol–water partition coefficient (Wildman–Crippen LogP) is 5.72. The topological polar surface area (TPSA) is 138 Å². The molecule has 5 aliphatic rings. The first-order valence-electron chi connectivity index (χ1n) is 18.9. The van der Waals surface area contributed by atoms with E-state index < -0.39 is 37.3 Å². The Bertz CT molecular complexity index is 1070. The van der Waals surface area contributed by atoms with Gasteiger partial charge in [0, 0.05) is 19.6 Å². The van der Waals surface area contributed by atoms with Gasteiger partial charge in [-0.15, -0.1) is 0 Å². The Morgan fingerprint density at radius 2 is 1.77 bits per heavy atom. The molecular formula is C38H65NO8. The second kappa shape index (κ2) is 15.8. The summed E-state index contributed by atoms with van der Waals surface area (Å²) in [4.78, 5) is 12.7. The minimum atomic E-state index is -1.46. The van der Waals surface area contributed by atoms with Gasteiger partial charge in [0.15, 0.2) is 6.29 Å². The summed E-state index contributed by atoms with van der Waals surface area (Å²) in [6.07, 6.45) is 10.6. The van der Waals surface area contributed by atoms with Gasteiger partial charge in [0.2, 0.25) is 0 Å². The number of aliphatic hydroxyl groups is 4. The molecule has 9 heteroatoms. The summed E-state index contributed by atoms with van der Waals surface area (Å²) < 4.78 is 16.8. The number of alkyl carbamates (subject to hydrolysis) is 1. The van der Waals surface area contributed by atoms with Crippen LogP contribution in [0.4, 0.5) is 4.79 Å². The van der Waals surface area contributed by atoms with Crippen molar-refractivity contribution in [3.63, 3.8) is 0 Å². The molecule has 5 N–H and O–H groups in total. The number of aliphatic hydroxyl groups excluding tert-OH is 4. The maximum absolute atomic E-state index is 12.7. The first kappa shape index (κ1) is 37.0. The second-order valence-electron chi connectivity index (χ2n) is 16.8. The van der Waals surface area contributed by atoms with Gasteiger partial charge in [-0.3, -0.25) is 0 Å². The highest BCUT2D eigenvalue weighted by molar-refractivity contribution is 5.67. The molecule has 1 saturated heterocycles. The molecule has 47 heavy (non-hydrogen) atoms. The molecule has 0 aromatic carbocycles. The van der Waals surface area contributed by atoms with Crippen molar-refractivity contribution in [1.29, 1.82) is 0 Å². The fourth-order valence-electron chi connectivity index (χ4n) is 10.8. The van der Waals surface area contributed by atoms with E-state index in [1.165, 1.54) is 56.9 Å². The van der Waals surface area contributed by atoms with Crippen LogP contribution in [0.5, 0.6) is 0 Å². The normalized spacial score (nSPS) is 42.2. The van der Waals surface area contributed by atoms with Gasteiger partial charge in [0.25, 0.3) is 0 Å². The molecule has 0 radical (unpaired) electrons. The van der Waals surface area contributed by atoms with Crippen LogP contribution >= 0.6 is 0 Å². The van der Waals surface area contributed by atoms with Gasteiger partial charge < -0.3 is 40.0 Å². The molecular weight excluding hydrogens is 598 g/mol. The molecule has 4 fully saturated rings.